The number of nitrogens with one attached hydrogen (secondary N) is 2. The largest absolute Gasteiger partial charge is 0.437 e. The van der Waals surface area contributed by atoms with Crippen LogP contribution in [0.2, 0.25) is 0 Å². The first kappa shape index (κ1) is 22.6. The van der Waals surface area contributed by atoms with E-state index in [-0.39, 0.29) is 12.1 Å². The van der Waals surface area contributed by atoms with Crippen molar-refractivity contribution in [2.75, 3.05) is 10.6 Å². The molecule has 4 N–H and O–H groups in total. The van der Waals surface area contributed by atoms with E-state index in [0.717, 1.165) is 4.70 Å². The lowest BCUT2D eigenvalue weighted by molar-refractivity contribution is -0.111. The lowest BCUT2D eigenvalue weighted by atomic mass is 10.2. The topological polar surface area (TPSA) is 134 Å². The minimum Gasteiger partial charge on any atom is -0.437 e. The summed E-state index contributed by atoms with van der Waals surface area (Å²) in [4.78, 5) is 38.8. The van der Waals surface area contributed by atoms with Gasteiger partial charge in [0.2, 0.25) is 17.7 Å². The number of thiophene rings is 1. The number of fused-ring (bicyclic) bond motifs is 1. The maximum atomic E-state index is 11.6. The Morgan fingerprint density at radius 3 is 2.64 bits per heavy atom. The van der Waals surface area contributed by atoms with Crippen molar-refractivity contribution in [3.05, 3.63) is 78.2 Å². The molecule has 0 aliphatic heterocycles. The predicted octanol–water partition coefficient (Wildman–Crippen LogP) is 5.03. The SMILES string of the molecule is C=CC(=O)Nc1cccc(Oc2nc(Nc3ccc(CP(=O)(O)O)cc3)nc3ccsc23)c1. The zero-order valence-corrected chi connectivity index (χ0v) is 18.8. The summed E-state index contributed by atoms with van der Waals surface area (Å²) in [5.41, 5.74) is 2.43. The molecule has 2 aromatic heterocycles. The molecule has 0 unspecified atom stereocenters. The summed E-state index contributed by atoms with van der Waals surface area (Å²) in [6, 6.07) is 15.4. The molecule has 2 aromatic carbocycles. The van der Waals surface area contributed by atoms with Crippen LogP contribution in [0.25, 0.3) is 10.2 Å². The number of hydrogen-bond donors (Lipinski definition) is 4. The molecular formula is C22H19N4O5PS. The number of amides is 1. The van der Waals surface area contributed by atoms with Crippen LogP contribution in [0.4, 0.5) is 17.3 Å². The summed E-state index contributed by atoms with van der Waals surface area (Å²) in [7, 11) is -4.13. The summed E-state index contributed by atoms with van der Waals surface area (Å²) < 4.78 is 17.9. The van der Waals surface area contributed by atoms with Crippen LogP contribution in [-0.2, 0) is 15.5 Å². The normalized spacial score (nSPS) is 11.2. The Hall–Kier alpha value is -3.56. The first-order valence-electron chi connectivity index (χ1n) is 9.66. The van der Waals surface area contributed by atoms with E-state index in [1.807, 2.05) is 11.4 Å². The highest BCUT2D eigenvalue weighted by Gasteiger charge is 2.15. The number of hydrogen-bond acceptors (Lipinski definition) is 7. The molecule has 11 heteroatoms. The van der Waals surface area contributed by atoms with Crippen LogP contribution in [0.15, 0.2) is 72.6 Å². The zero-order chi connectivity index (χ0) is 23.4. The average Bonchev–Trinajstić information content (AvgIpc) is 3.23. The minimum absolute atomic E-state index is 0.301. The summed E-state index contributed by atoms with van der Waals surface area (Å²) in [5.74, 6) is 0.809. The Morgan fingerprint density at radius 1 is 1.12 bits per heavy atom. The van der Waals surface area contributed by atoms with Crippen LogP contribution in [0.3, 0.4) is 0 Å². The maximum Gasteiger partial charge on any atom is 0.329 e. The summed E-state index contributed by atoms with van der Waals surface area (Å²) >= 11 is 1.44. The second-order valence-corrected chi connectivity index (χ2v) is 9.52. The third kappa shape index (κ3) is 6.03. The second-order valence-electron chi connectivity index (χ2n) is 6.96. The molecule has 0 saturated heterocycles. The first-order valence-corrected chi connectivity index (χ1v) is 12.3. The van der Waals surface area contributed by atoms with Gasteiger partial charge in [0.05, 0.1) is 11.7 Å². The molecule has 9 nitrogen and oxygen atoms in total. The van der Waals surface area contributed by atoms with Gasteiger partial charge in [-0.05, 0) is 47.4 Å². The van der Waals surface area contributed by atoms with E-state index < -0.39 is 7.60 Å². The van der Waals surface area contributed by atoms with E-state index in [4.69, 9.17) is 14.5 Å². The van der Waals surface area contributed by atoms with Crippen molar-refractivity contribution in [3.8, 4) is 11.6 Å². The molecule has 0 bridgehead atoms. The lowest BCUT2D eigenvalue weighted by Crippen LogP contribution is -2.07. The van der Waals surface area contributed by atoms with Crippen LogP contribution < -0.4 is 15.4 Å². The molecule has 4 rings (SSSR count). The van der Waals surface area contributed by atoms with E-state index >= 15 is 0 Å². The molecule has 0 spiro atoms. The monoisotopic (exact) mass is 482 g/mol. The third-order valence-corrected chi connectivity index (χ3v) is 6.04. The Labute approximate surface area is 193 Å². The van der Waals surface area contributed by atoms with Gasteiger partial charge < -0.3 is 25.2 Å². The highest BCUT2D eigenvalue weighted by molar-refractivity contribution is 7.50. The van der Waals surface area contributed by atoms with Crippen molar-refractivity contribution in [1.82, 2.24) is 9.97 Å². The van der Waals surface area contributed by atoms with Crippen molar-refractivity contribution in [3.63, 3.8) is 0 Å². The molecule has 0 radical (unpaired) electrons. The van der Waals surface area contributed by atoms with Crippen molar-refractivity contribution < 1.29 is 23.9 Å². The maximum absolute atomic E-state index is 11.6. The summed E-state index contributed by atoms with van der Waals surface area (Å²) in [5, 5.41) is 7.65. The average molecular weight is 482 g/mol. The van der Waals surface area contributed by atoms with Gasteiger partial charge in [-0.15, -0.1) is 11.3 Å². The van der Waals surface area contributed by atoms with Crippen molar-refractivity contribution in [1.29, 1.82) is 0 Å². The number of aromatic nitrogens is 2. The molecule has 0 fully saturated rings. The molecule has 1 amide bonds. The van der Waals surface area contributed by atoms with Gasteiger partial charge in [0.15, 0.2) is 0 Å². The smallest absolute Gasteiger partial charge is 0.329 e. The highest BCUT2D eigenvalue weighted by Crippen LogP contribution is 2.39. The van der Waals surface area contributed by atoms with Crippen molar-refractivity contribution >= 4 is 52.4 Å². The zero-order valence-electron chi connectivity index (χ0n) is 17.1. The van der Waals surface area contributed by atoms with Crippen LogP contribution in [0, 0.1) is 0 Å². The number of benzene rings is 2. The van der Waals surface area contributed by atoms with Gasteiger partial charge in [0.25, 0.3) is 0 Å². The lowest BCUT2D eigenvalue weighted by Gasteiger charge is -2.11. The number of carbonyl (C=O) groups excluding carboxylic acids is 1. The summed E-state index contributed by atoms with van der Waals surface area (Å²) in [6.45, 7) is 3.44. The van der Waals surface area contributed by atoms with E-state index in [1.165, 1.54) is 17.4 Å². The van der Waals surface area contributed by atoms with E-state index in [2.05, 4.69) is 27.2 Å². The molecule has 0 atom stereocenters. The molecule has 0 saturated carbocycles. The van der Waals surface area contributed by atoms with Gasteiger partial charge in [-0.1, -0.05) is 24.8 Å². The van der Waals surface area contributed by atoms with E-state index in [1.54, 1.807) is 48.5 Å². The fourth-order valence-corrected chi connectivity index (χ4v) is 4.41. The first-order chi connectivity index (χ1) is 15.8. The second kappa shape index (κ2) is 9.51. The van der Waals surface area contributed by atoms with Crippen LogP contribution >= 0.6 is 18.9 Å². The predicted molar refractivity (Wildman–Crippen MR) is 128 cm³/mol. The molecule has 0 aliphatic carbocycles. The van der Waals surface area contributed by atoms with E-state index in [9.17, 15) is 9.36 Å². The quantitative estimate of drug-likeness (QED) is 0.203. The minimum atomic E-state index is -4.13. The van der Waals surface area contributed by atoms with Crippen molar-refractivity contribution in [2.45, 2.75) is 6.16 Å². The number of carbonyl (C=O) groups is 1. The molecule has 168 valence electrons. The van der Waals surface area contributed by atoms with Gasteiger partial charge >= 0.3 is 7.60 Å². The number of nitrogens with zero attached hydrogens (tertiary/aromatic N) is 2. The van der Waals surface area contributed by atoms with Gasteiger partial charge in [0, 0.05) is 17.4 Å². The van der Waals surface area contributed by atoms with E-state index in [0.29, 0.717) is 40.0 Å². The molecule has 4 aromatic rings. The number of rotatable bonds is 8. The molecule has 33 heavy (non-hydrogen) atoms. The molecule has 0 aliphatic rings. The van der Waals surface area contributed by atoms with Gasteiger partial charge in [-0.2, -0.15) is 4.98 Å². The fourth-order valence-electron chi connectivity index (χ4n) is 2.96. The summed E-state index contributed by atoms with van der Waals surface area (Å²) in [6.07, 6.45) is 0.860. The highest BCUT2D eigenvalue weighted by atomic mass is 32.1. The van der Waals surface area contributed by atoms with Crippen LogP contribution in [-0.4, -0.2) is 25.7 Å². The Balaban J connectivity index is 1.57. The van der Waals surface area contributed by atoms with Crippen LogP contribution in [0.5, 0.6) is 11.6 Å². The van der Waals surface area contributed by atoms with Crippen LogP contribution in [0.1, 0.15) is 5.56 Å². The standard InChI is InChI=1S/C22H19N4O5PS/c1-2-19(27)23-16-4-3-5-17(12-16)31-21-20-18(10-11-33-20)25-22(26-21)24-15-8-6-14(7-9-15)13-32(28,29)30/h2-12H,1,13H2,(H,23,27)(H,24,25,26)(H2,28,29,30). The fraction of sp³-hybridized carbons (Fsp3) is 0.0455. The van der Waals surface area contributed by atoms with Gasteiger partial charge in [-0.25, -0.2) is 4.98 Å². The number of ether oxygens (including phenoxy) is 1. The number of anilines is 3. The van der Waals surface area contributed by atoms with Gasteiger partial charge in [-0.3, -0.25) is 9.36 Å². The Bertz CT molecular complexity index is 1370. The van der Waals surface area contributed by atoms with Gasteiger partial charge in [0.1, 0.15) is 10.4 Å². The van der Waals surface area contributed by atoms with Crippen molar-refractivity contribution in [2.24, 2.45) is 0 Å². The molecular weight excluding hydrogens is 463 g/mol. The molecule has 2 heterocycles. The third-order valence-electron chi connectivity index (χ3n) is 4.37. The Morgan fingerprint density at radius 2 is 1.91 bits per heavy atom. The Kier molecular flexibility index (Phi) is 6.52.